The van der Waals surface area contributed by atoms with Gasteiger partial charge in [-0.05, 0) is 31.9 Å². The average Bonchev–Trinajstić information content (AvgIpc) is 2.45. The third-order valence-electron chi connectivity index (χ3n) is 2.95. The van der Waals surface area contributed by atoms with Crippen LogP contribution in [0.1, 0.15) is 31.1 Å². The molecule has 2 aromatic carbocycles. The van der Waals surface area contributed by atoms with E-state index in [9.17, 15) is 4.79 Å². The van der Waals surface area contributed by atoms with Crippen molar-refractivity contribution in [1.82, 2.24) is 0 Å². The topological polar surface area (TPSA) is 26.3 Å². The van der Waals surface area contributed by atoms with Crippen LogP contribution in [0.2, 0.25) is 0 Å². The first-order valence-corrected chi connectivity index (χ1v) is 6.78. The van der Waals surface area contributed by atoms with E-state index in [4.69, 9.17) is 4.74 Å². The Balaban J connectivity index is 2.07. The van der Waals surface area contributed by atoms with Crippen molar-refractivity contribution < 1.29 is 9.53 Å². The van der Waals surface area contributed by atoms with Crippen LogP contribution >= 0.6 is 0 Å². The molecule has 0 unspecified atom stereocenters. The normalized spacial score (nSPS) is 11.3. The molecule has 0 bridgehead atoms. The number of Topliss-reactive ketones (excluding diaryl/α,β-unsaturated/α-hetero) is 1. The third kappa shape index (κ3) is 4.04. The summed E-state index contributed by atoms with van der Waals surface area (Å²) in [6.07, 6.45) is 0. The van der Waals surface area contributed by atoms with Gasteiger partial charge in [0.25, 0.3) is 0 Å². The van der Waals surface area contributed by atoms with Crippen LogP contribution < -0.4 is 0 Å². The zero-order chi connectivity index (χ0) is 14.6. The molecule has 104 valence electrons. The molecular formula is C18H20O2. The van der Waals surface area contributed by atoms with E-state index in [1.54, 1.807) is 0 Å². The minimum absolute atomic E-state index is 0.0135. The summed E-state index contributed by atoms with van der Waals surface area (Å²) in [6.45, 7) is 5.95. The van der Waals surface area contributed by atoms with Gasteiger partial charge in [-0.1, -0.05) is 54.6 Å². The molecule has 0 fully saturated rings. The van der Waals surface area contributed by atoms with Crippen molar-refractivity contribution in [2.75, 3.05) is 6.61 Å². The van der Waals surface area contributed by atoms with Crippen molar-refractivity contribution in [2.45, 2.75) is 26.4 Å². The Hall–Kier alpha value is -1.93. The molecule has 0 saturated carbocycles. The number of carbonyl (C=O) groups is 1. The van der Waals surface area contributed by atoms with E-state index >= 15 is 0 Å². The highest BCUT2D eigenvalue weighted by atomic mass is 16.5. The average molecular weight is 268 g/mol. The molecule has 0 spiro atoms. The summed E-state index contributed by atoms with van der Waals surface area (Å²) in [6, 6.07) is 17.8. The van der Waals surface area contributed by atoms with Crippen LogP contribution in [-0.4, -0.2) is 18.0 Å². The molecule has 0 aliphatic heterocycles. The van der Waals surface area contributed by atoms with Crippen molar-refractivity contribution in [3.63, 3.8) is 0 Å². The maximum Gasteiger partial charge on any atom is 0.188 e. The summed E-state index contributed by atoms with van der Waals surface area (Å²) in [5.41, 5.74) is 2.66. The molecule has 0 heterocycles. The van der Waals surface area contributed by atoms with Gasteiger partial charge in [-0.2, -0.15) is 0 Å². The highest BCUT2D eigenvalue weighted by molar-refractivity contribution is 5.97. The monoisotopic (exact) mass is 268 g/mol. The van der Waals surface area contributed by atoms with Crippen molar-refractivity contribution in [1.29, 1.82) is 0 Å². The molecule has 0 saturated heterocycles. The van der Waals surface area contributed by atoms with Gasteiger partial charge in [0.05, 0.1) is 5.60 Å². The van der Waals surface area contributed by atoms with Crippen LogP contribution in [0, 0.1) is 0 Å². The Morgan fingerprint density at radius 3 is 2.00 bits per heavy atom. The number of hydrogen-bond acceptors (Lipinski definition) is 2. The minimum atomic E-state index is -0.292. The van der Waals surface area contributed by atoms with Gasteiger partial charge in [-0.15, -0.1) is 0 Å². The Labute approximate surface area is 120 Å². The first kappa shape index (κ1) is 14.5. The largest absolute Gasteiger partial charge is 0.368 e. The second-order valence-corrected chi connectivity index (χ2v) is 5.77. The first-order valence-electron chi connectivity index (χ1n) is 6.78. The number of ketones is 1. The molecule has 2 rings (SSSR count). The van der Waals surface area contributed by atoms with Crippen molar-refractivity contribution in [3.8, 4) is 11.1 Å². The lowest BCUT2D eigenvalue weighted by molar-refractivity contribution is 0.00307. The molecule has 0 aliphatic carbocycles. The van der Waals surface area contributed by atoms with Crippen LogP contribution in [0.25, 0.3) is 11.1 Å². The first-order chi connectivity index (χ1) is 9.46. The lowest BCUT2D eigenvalue weighted by Crippen LogP contribution is -2.23. The molecule has 0 amide bonds. The van der Waals surface area contributed by atoms with Crippen LogP contribution in [0.15, 0.2) is 54.6 Å². The van der Waals surface area contributed by atoms with Crippen LogP contribution in [0.3, 0.4) is 0 Å². The van der Waals surface area contributed by atoms with Gasteiger partial charge < -0.3 is 4.74 Å². The van der Waals surface area contributed by atoms with Gasteiger partial charge in [-0.3, -0.25) is 4.79 Å². The molecule has 0 radical (unpaired) electrons. The number of carbonyl (C=O) groups excluding carboxylic acids is 1. The number of hydrogen-bond donors (Lipinski definition) is 0. The quantitative estimate of drug-likeness (QED) is 0.770. The maximum atomic E-state index is 12.0. The molecule has 20 heavy (non-hydrogen) atoms. The summed E-state index contributed by atoms with van der Waals surface area (Å²) in [7, 11) is 0. The Kier molecular flexibility index (Phi) is 4.35. The Morgan fingerprint density at radius 2 is 1.45 bits per heavy atom. The summed E-state index contributed by atoms with van der Waals surface area (Å²) < 4.78 is 5.51. The highest BCUT2D eigenvalue weighted by Gasteiger charge is 2.14. The highest BCUT2D eigenvalue weighted by Crippen LogP contribution is 2.19. The second kappa shape index (κ2) is 6.02. The molecular weight excluding hydrogens is 248 g/mol. The van der Waals surface area contributed by atoms with Gasteiger partial charge >= 0.3 is 0 Å². The van der Waals surface area contributed by atoms with Crippen LogP contribution in [-0.2, 0) is 4.74 Å². The fourth-order valence-electron chi connectivity index (χ4n) is 1.84. The summed E-state index contributed by atoms with van der Waals surface area (Å²) in [4.78, 5) is 12.0. The van der Waals surface area contributed by atoms with E-state index in [1.165, 1.54) is 0 Å². The van der Waals surface area contributed by atoms with Crippen LogP contribution in [0.5, 0.6) is 0 Å². The Bertz CT molecular complexity index is 563. The molecule has 2 aromatic rings. The van der Waals surface area contributed by atoms with Gasteiger partial charge in [0, 0.05) is 5.56 Å². The number of rotatable bonds is 4. The molecule has 0 N–H and O–H groups in total. The summed E-state index contributed by atoms with van der Waals surface area (Å²) >= 11 is 0. The van der Waals surface area contributed by atoms with Crippen LogP contribution in [0.4, 0.5) is 0 Å². The second-order valence-electron chi connectivity index (χ2n) is 5.77. The van der Waals surface area contributed by atoms with Crippen molar-refractivity contribution in [2.24, 2.45) is 0 Å². The minimum Gasteiger partial charge on any atom is -0.368 e. The third-order valence-corrected chi connectivity index (χ3v) is 2.95. The SMILES string of the molecule is CC(C)(C)OCC(=O)c1ccc(-c2ccccc2)cc1. The lowest BCUT2D eigenvalue weighted by Gasteiger charge is -2.18. The van der Waals surface area contributed by atoms with E-state index in [1.807, 2.05) is 63.2 Å². The zero-order valence-electron chi connectivity index (χ0n) is 12.2. The summed E-state index contributed by atoms with van der Waals surface area (Å²) in [5.74, 6) is 0.0135. The predicted molar refractivity (Wildman–Crippen MR) is 81.9 cm³/mol. The van der Waals surface area contributed by atoms with E-state index in [0.29, 0.717) is 5.56 Å². The van der Waals surface area contributed by atoms with E-state index < -0.39 is 0 Å². The fraction of sp³-hybridized carbons (Fsp3) is 0.278. The lowest BCUT2D eigenvalue weighted by atomic mass is 10.0. The van der Waals surface area contributed by atoms with E-state index in [-0.39, 0.29) is 18.0 Å². The van der Waals surface area contributed by atoms with Crippen molar-refractivity contribution in [3.05, 3.63) is 60.2 Å². The van der Waals surface area contributed by atoms with Crippen molar-refractivity contribution >= 4 is 5.78 Å². The Morgan fingerprint density at radius 1 is 0.900 bits per heavy atom. The predicted octanol–water partition coefficient (Wildman–Crippen LogP) is 4.35. The van der Waals surface area contributed by atoms with E-state index in [2.05, 4.69) is 12.1 Å². The standard InChI is InChI=1S/C18H20O2/c1-18(2,3)20-13-17(19)16-11-9-15(10-12-16)14-7-5-4-6-8-14/h4-12H,13H2,1-3H3. The molecule has 0 aliphatic rings. The van der Waals surface area contributed by atoms with E-state index in [0.717, 1.165) is 11.1 Å². The fourth-order valence-corrected chi connectivity index (χ4v) is 1.84. The van der Waals surface area contributed by atoms with Gasteiger partial charge in [0.2, 0.25) is 0 Å². The maximum absolute atomic E-state index is 12.0. The van der Waals surface area contributed by atoms with Gasteiger partial charge in [-0.25, -0.2) is 0 Å². The molecule has 0 atom stereocenters. The molecule has 2 heteroatoms. The van der Waals surface area contributed by atoms with Gasteiger partial charge in [0.15, 0.2) is 5.78 Å². The summed E-state index contributed by atoms with van der Waals surface area (Å²) in [5, 5.41) is 0. The van der Waals surface area contributed by atoms with Gasteiger partial charge in [0.1, 0.15) is 6.61 Å². The number of benzene rings is 2. The molecule has 2 nitrogen and oxygen atoms in total. The smallest absolute Gasteiger partial charge is 0.188 e. The number of ether oxygens (including phenoxy) is 1. The zero-order valence-corrected chi connectivity index (χ0v) is 12.2. The molecule has 0 aromatic heterocycles.